The molecule has 2 unspecified atom stereocenters. The smallest absolute Gasteiger partial charge is 0.217 e. The Bertz CT molecular complexity index is 472. The van der Waals surface area contributed by atoms with Crippen LogP contribution in [-0.4, -0.2) is 34.0 Å². The lowest BCUT2D eigenvalue weighted by molar-refractivity contribution is -0.120. The third-order valence-corrected chi connectivity index (χ3v) is 4.59. The first-order valence-corrected chi connectivity index (χ1v) is 7.42. The number of carbonyl (C=O) groups excluding carboxylic acids is 1. The average Bonchev–Trinajstić information content (AvgIpc) is 2.63. The zero-order valence-corrected chi connectivity index (χ0v) is 11.9. The summed E-state index contributed by atoms with van der Waals surface area (Å²) in [5.41, 5.74) is 1.25. The van der Waals surface area contributed by atoms with Crippen LogP contribution in [0, 0.1) is 0 Å². The van der Waals surface area contributed by atoms with Crippen LogP contribution in [-0.2, 0) is 11.3 Å². The highest BCUT2D eigenvalue weighted by molar-refractivity contribution is 5.73. The normalized spacial score (nSPS) is 29.4. The predicted molar refractivity (Wildman–Crippen MR) is 77.3 cm³/mol. The van der Waals surface area contributed by atoms with Crippen molar-refractivity contribution in [3.05, 3.63) is 29.8 Å². The van der Waals surface area contributed by atoms with Crippen molar-refractivity contribution in [2.75, 3.05) is 0 Å². The van der Waals surface area contributed by atoms with Gasteiger partial charge in [0.2, 0.25) is 5.91 Å². The molecule has 20 heavy (non-hydrogen) atoms. The van der Waals surface area contributed by atoms with Gasteiger partial charge < -0.3 is 10.4 Å². The lowest BCUT2D eigenvalue weighted by Gasteiger charge is -2.39. The van der Waals surface area contributed by atoms with Gasteiger partial charge in [-0.25, -0.2) is 0 Å². The minimum absolute atomic E-state index is 0.0846. The van der Waals surface area contributed by atoms with Crippen LogP contribution >= 0.6 is 0 Å². The van der Waals surface area contributed by atoms with Gasteiger partial charge in [0.15, 0.2) is 0 Å². The second-order valence-electron chi connectivity index (χ2n) is 6.09. The number of nitrogens with zero attached hydrogens (tertiary/aromatic N) is 1. The number of hydrogen-bond donors (Lipinski definition) is 2. The maximum atomic E-state index is 11.2. The molecule has 2 fully saturated rings. The van der Waals surface area contributed by atoms with E-state index in [4.69, 9.17) is 0 Å². The number of benzene rings is 1. The van der Waals surface area contributed by atoms with Crippen LogP contribution in [0.15, 0.2) is 24.3 Å². The molecular weight excluding hydrogens is 252 g/mol. The zero-order valence-electron chi connectivity index (χ0n) is 11.9. The Labute approximate surface area is 119 Å². The van der Waals surface area contributed by atoms with Crippen molar-refractivity contribution in [1.29, 1.82) is 0 Å². The van der Waals surface area contributed by atoms with Crippen LogP contribution < -0.4 is 5.32 Å². The molecule has 2 atom stereocenters. The van der Waals surface area contributed by atoms with Crippen molar-refractivity contribution >= 4 is 5.91 Å². The van der Waals surface area contributed by atoms with E-state index in [0.717, 1.165) is 19.4 Å². The minimum atomic E-state index is 0.0846. The standard InChI is InChI=1S/C16H22N2O2/c1-11(19)17-13-8-14-4-5-15(9-13)18(14)10-12-2-6-16(20)7-3-12/h2-3,6-7,13-15,20H,4-5,8-10H2,1H3,(H,17,19). The Morgan fingerprint density at radius 1 is 1.25 bits per heavy atom. The van der Waals surface area contributed by atoms with E-state index in [-0.39, 0.29) is 5.91 Å². The summed E-state index contributed by atoms with van der Waals surface area (Å²) < 4.78 is 0. The summed E-state index contributed by atoms with van der Waals surface area (Å²) in [4.78, 5) is 13.8. The zero-order chi connectivity index (χ0) is 14.1. The van der Waals surface area contributed by atoms with Gasteiger partial charge in [-0.05, 0) is 43.4 Å². The maximum Gasteiger partial charge on any atom is 0.217 e. The highest BCUT2D eigenvalue weighted by Gasteiger charge is 2.40. The molecule has 2 bridgehead atoms. The van der Waals surface area contributed by atoms with Crippen LogP contribution in [0.5, 0.6) is 5.75 Å². The molecule has 0 saturated carbocycles. The molecule has 4 nitrogen and oxygen atoms in total. The van der Waals surface area contributed by atoms with E-state index in [2.05, 4.69) is 10.2 Å². The molecule has 4 heteroatoms. The largest absolute Gasteiger partial charge is 0.508 e. The fourth-order valence-electron chi connectivity index (χ4n) is 3.75. The molecule has 2 heterocycles. The van der Waals surface area contributed by atoms with Gasteiger partial charge in [0, 0.05) is 31.6 Å². The molecule has 2 N–H and O–H groups in total. The molecule has 1 aromatic rings. The molecule has 0 radical (unpaired) electrons. The first-order valence-electron chi connectivity index (χ1n) is 7.42. The van der Waals surface area contributed by atoms with Gasteiger partial charge in [-0.15, -0.1) is 0 Å². The molecule has 0 aliphatic carbocycles. The van der Waals surface area contributed by atoms with Crippen molar-refractivity contribution in [3.8, 4) is 5.75 Å². The number of aromatic hydroxyl groups is 1. The van der Waals surface area contributed by atoms with Crippen LogP contribution in [0.3, 0.4) is 0 Å². The Balaban J connectivity index is 1.65. The van der Waals surface area contributed by atoms with Gasteiger partial charge in [-0.2, -0.15) is 0 Å². The number of piperidine rings is 1. The number of phenols is 1. The quantitative estimate of drug-likeness (QED) is 0.886. The van der Waals surface area contributed by atoms with Gasteiger partial charge in [0.05, 0.1) is 0 Å². The predicted octanol–water partition coefficient (Wildman–Crippen LogP) is 2.02. The van der Waals surface area contributed by atoms with E-state index in [1.807, 2.05) is 12.1 Å². The Kier molecular flexibility index (Phi) is 3.66. The monoisotopic (exact) mass is 274 g/mol. The van der Waals surface area contributed by atoms with Crippen LogP contribution in [0.2, 0.25) is 0 Å². The maximum absolute atomic E-state index is 11.2. The van der Waals surface area contributed by atoms with E-state index >= 15 is 0 Å². The van der Waals surface area contributed by atoms with Crippen LogP contribution in [0.4, 0.5) is 0 Å². The van der Waals surface area contributed by atoms with Crippen LogP contribution in [0.25, 0.3) is 0 Å². The number of amides is 1. The molecule has 1 amide bonds. The topological polar surface area (TPSA) is 52.6 Å². The first-order chi connectivity index (χ1) is 9.61. The molecular formula is C16H22N2O2. The van der Waals surface area contributed by atoms with E-state index in [0.29, 0.717) is 23.9 Å². The summed E-state index contributed by atoms with van der Waals surface area (Å²) >= 11 is 0. The van der Waals surface area contributed by atoms with Crippen molar-refractivity contribution in [2.45, 2.75) is 57.3 Å². The van der Waals surface area contributed by atoms with Gasteiger partial charge >= 0.3 is 0 Å². The number of hydrogen-bond acceptors (Lipinski definition) is 3. The van der Waals surface area contributed by atoms with E-state index in [1.165, 1.54) is 18.4 Å². The molecule has 3 rings (SSSR count). The minimum Gasteiger partial charge on any atom is -0.508 e. The lowest BCUT2D eigenvalue weighted by Crippen LogP contribution is -2.49. The second-order valence-corrected chi connectivity index (χ2v) is 6.09. The molecule has 0 aromatic heterocycles. The fourth-order valence-corrected chi connectivity index (χ4v) is 3.75. The highest BCUT2D eigenvalue weighted by atomic mass is 16.3. The summed E-state index contributed by atoms with van der Waals surface area (Å²) in [5, 5.41) is 12.4. The Morgan fingerprint density at radius 2 is 1.85 bits per heavy atom. The molecule has 2 aliphatic rings. The number of rotatable bonds is 3. The number of fused-ring (bicyclic) bond motifs is 2. The molecule has 0 spiro atoms. The van der Waals surface area contributed by atoms with Gasteiger partial charge in [-0.1, -0.05) is 12.1 Å². The van der Waals surface area contributed by atoms with Crippen molar-refractivity contribution < 1.29 is 9.90 Å². The van der Waals surface area contributed by atoms with Crippen molar-refractivity contribution in [2.24, 2.45) is 0 Å². The average molecular weight is 274 g/mol. The summed E-state index contributed by atoms with van der Waals surface area (Å²) in [6.45, 7) is 2.55. The third-order valence-electron chi connectivity index (χ3n) is 4.59. The van der Waals surface area contributed by atoms with Gasteiger partial charge in [0.25, 0.3) is 0 Å². The number of phenolic OH excluding ortho intramolecular Hbond substituents is 1. The van der Waals surface area contributed by atoms with Crippen molar-refractivity contribution in [1.82, 2.24) is 10.2 Å². The van der Waals surface area contributed by atoms with E-state index in [9.17, 15) is 9.90 Å². The molecule has 2 aliphatic heterocycles. The second kappa shape index (κ2) is 5.44. The SMILES string of the molecule is CC(=O)NC1CC2CCC(C1)N2Cc1ccc(O)cc1. The van der Waals surface area contributed by atoms with Gasteiger partial charge in [-0.3, -0.25) is 9.69 Å². The fraction of sp³-hybridized carbons (Fsp3) is 0.562. The molecule has 108 valence electrons. The van der Waals surface area contributed by atoms with Crippen molar-refractivity contribution in [3.63, 3.8) is 0 Å². The van der Waals surface area contributed by atoms with Gasteiger partial charge in [0.1, 0.15) is 5.75 Å². The summed E-state index contributed by atoms with van der Waals surface area (Å²) in [6, 6.07) is 9.01. The first kappa shape index (κ1) is 13.4. The highest BCUT2D eigenvalue weighted by Crippen LogP contribution is 2.36. The number of carbonyl (C=O) groups is 1. The summed E-state index contributed by atoms with van der Waals surface area (Å²) in [6.07, 6.45) is 4.60. The van der Waals surface area contributed by atoms with E-state index < -0.39 is 0 Å². The third kappa shape index (κ3) is 2.80. The van der Waals surface area contributed by atoms with E-state index in [1.54, 1.807) is 19.1 Å². The Hall–Kier alpha value is -1.55. The van der Waals surface area contributed by atoms with Crippen LogP contribution in [0.1, 0.15) is 38.2 Å². The molecule has 1 aromatic carbocycles. The number of nitrogens with one attached hydrogen (secondary N) is 1. The Morgan fingerprint density at radius 3 is 2.40 bits per heavy atom. The molecule has 2 saturated heterocycles. The summed E-state index contributed by atoms with van der Waals surface area (Å²) in [7, 11) is 0. The lowest BCUT2D eigenvalue weighted by atomic mass is 9.96. The summed E-state index contributed by atoms with van der Waals surface area (Å²) in [5.74, 6) is 0.405.